The Morgan fingerprint density at radius 1 is 0.917 bits per heavy atom. The molecule has 1 aromatic heterocycles. The number of carbonyl (C=O) groups excluding carboxylic acids is 1. The van der Waals surface area contributed by atoms with Gasteiger partial charge in [-0.05, 0) is 48.5 Å². The highest BCUT2D eigenvalue weighted by Crippen LogP contribution is 2.27. The van der Waals surface area contributed by atoms with Gasteiger partial charge >= 0.3 is 0 Å². The molecule has 6 nitrogen and oxygen atoms in total. The summed E-state index contributed by atoms with van der Waals surface area (Å²) in [4.78, 5) is 12.2. The van der Waals surface area contributed by atoms with E-state index in [1.807, 2.05) is 12.1 Å². The Bertz CT molecular complexity index is 829. The van der Waals surface area contributed by atoms with Crippen molar-refractivity contribution in [1.82, 2.24) is 10.2 Å². The van der Waals surface area contributed by atoms with E-state index < -0.39 is 0 Å². The summed E-state index contributed by atoms with van der Waals surface area (Å²) < 4.78 is 15.7. The zero-order valence-corrected chi connectivity index (χ0v) is 13.9. The maximum atomic E-state index is 12.2. The summed E-state index contributed by atoms with van der Waals surface area (Å²) in [5.74, 6) is 1.78. The fourth-order valence-corrected chi connectivity index (χ4v) is 2.58. The Morgan fingerprint density at radius 3 is 2.08 bits per heavy atom. The van der Waals surface area contributed by atoms with Crippen LogP contribution in [0.5, 0.6) is 11.5 Å². The highest BCUT2D eigenvalue weighted by molar-refractivity contribution is 8.14. The third-order valence-corrected chi connectivity index (χ3v) is 4.01. The molecular weight excluding hydrogens is 328 g/mol. The molecule has 0 aliphatic carbocycles. The van der Waals surface area contributed by atoms with E-state index in [9.17, 15) is 4.79 Å². The summed E-state index contributed by atoms with van der Waals surface area (Å²) in [5.41, 5.74) is 1.29. The highest BCUT2D eigenvalue weighted by atomic mass is 32.2. The van der Waals surface area contributed by atoms with Crippen molar-refractivity contribution in [3.05, 3.63) is 54.1 Å². The second-order valence-electron chi connectivity index (χ2n) is 4.72. The van der Waals surface area contributed by atoms with Gasteiger partial charge in [-0.2, -0.15) is 0 Å². The number of aromatic nitrogens is 2. The van der Waals surface area contributed by atoms with Gasteiger partial charge in [0.25, 0.3) is 5.22 Å². The number of hydrogen-bond donors (Lipinski definition) is 0. The van der Waals surface area contributed by atoms with Gasteiger partial charge in [-0.15, -0.1) is 10.2 Å². The molecule has 24 heavy (non-hydrogen) atoms. The molecular formula is C17H14N2O4S. The van der Waals surface area contributed by atoms with Crippen LogP contribution in [0.2, 0.25) is 0 Å². The topological polar surface area (TPSA) is 74.5 Å². The van der Waals surface area contributed by atoms with Gasteiger partial charge in [-0.25, -0.2) is 0 Å². The van der Waals surface area contributed by atoms with Crippen LogP contribution in [0.25, 0.3) is 11.5 Å². The molecule has 3 rings (SSSR count). The van der Waals surface area contributed by atoms with Gasteiger partial charge in [-0.3, -0.25) is 4.79 Å². The van der Waals surface area contributed by atoms with E-state index in [2.05, 4.69) is 10.2 Å². The minimum Gasteiger partial charge on any atom is -0.497 e. The van der Waals surface area contributed by atoms with E-state index in [1.165, 1.54) is 0 Å². The molecule has 3 aromatic rings. The maximum absolute atomic E-state index is 12.2. The van der Waals surface area contributed by atoms with E-state index in [4.69, 9.17) is 13.9 Å². The molecule has 0 N–H and O–H groups in total. The van der Waals surface area contributed by atoms with Crippen molar-refractivity contribution in [1.29, 1.82) is 0 Å². The molecule has 0 saturated carbocycles. The van der Waals surface area contributed by atoms with Crippen molar-refractivity contribution in [2.24, 2.45) is 0 Å². The lowest BCUT2D eigenvalue weighted by Crippen LogP contribution is -1.93. The highest BCUT2D eigenvalue weighted by Gasteiger charge is 2.15. The monoisotopic (exact) mass is 342 g/mol. The number of hydrogen-bond acceptors (Lipinski definition) is 7. The van der Waals surface area contributed by atoms with Gasteiger partial charge in [0, 0.05) is 22.9 Å². The summed E-state index contributed by atoms with van der Waals surface area (Å²) in [5, 5.41) is 7.89. The first-order valence-electron chi connectivity index (χ1n) is 7.04. The third-order valence-electron chi connectivity index (χ3n) is 3.25. The van der Waals surface area contributed by atoms with Crippen LogP contribution in [-0.4, -0.2) is 29.5 Å². The Hall–Kier alpha value is -2.80. The summed E-state index contributed by atoms with van der Waals surface area (Å²) in [6.45, 7) is 0. The molecule has 0 fully saturated rings. The first kappa shape index (κ1) is 16.1. The number of methoxy groups -OCH3 is 2. The normalized spacial score (nSPS) is 10.4. The van der Waals surface area contributed by atoms with Gasteiger partial charge in [0.05, 0.1) is 14.2 Å². The van der Waals surface area contributed by atoms with Crippen molar-refractivity contribution in [2.75, 3.05) is 14.2 Å². The fourth-order valence-electron chi connectivity index (χ4n) is 1.97. The van der Waals surface area contributed by atoms with Gasteiger partial charge in [-0.1, -0.05) is 0 Å². The number of benzene rings is 2. The van der Waals surface area contributed by atoms with Crippen LogP contribution in [0.1, 0.15) is 10.4 Å². The Morgan fingerprint density at radius 2 is 1.50 bits per heavy atom. The molecule has 0 unspecified atom stereocenters. The molecule has 0 bridgehead atoms. The molecule has 1 heterocycles. The molecule has 0 amide bonds. The molecule has 122 valence electrons. The van der Waals surface area contributed by atoms with Crippen LogP contribution >= 0.6 is 11.8 Å². The van der Waals surface area contributed by atoms with E-state index >= 15 is 0 Å². The molecule has 0 aliphatic heterocycles. The predicted molar refractivity (Wildman–Crippen MR) is 89.5 cm³/mol. The van der Waals surface area contributed by atoms with Crippen molar-refractivity contribution in [2.45, 2.75) is 5.22 Å². The van der Waals surface area contributed by atoms with Crippen LogP contribution in [0.4, 0.5) is 0 Å². The van der Waals surface area contributed by atoms with Crippen molar-refractivity contribution in [3.63, 3.8) is 0 Å². The molecule has 2 aromatic carbocycles. The van der Waals surface area contributed by atoms with Crippen LogP contribution in [0, 0.1) is 0 Å². The SMILES string of the molecule is COc1ccc(C(=O)Sc2nnc(-c3ccc(OC)cc3)o2)cc1. The molecule has 0 radical (unpaired) electrons. The fraction of sp³-hybridized carbons (Fsp3) is 0.118. The average Bonchev–Trinajstić information content (AvgIpc) is 3.10. The quantitative estimate of drug-likeness (QED) is 0.655. The predicted octanol–water partition coefficient (Wildman–Crippen LogP) is 3.69. The van der Waals surface area contributed by atoms with Crippen LogP contribution in [0.3, 0.4) is 0 Å². The lowest BCUT2D eigenvalue weighted by molar-refractivity contribution is 0.108. The standard InChI is InChI=1S/C17H14N2O4S/c1-21-13-7-3-11(4-8-13)15-18-19-17(23-15)24-16(20)12-5-9-14(22-2)10-6-12/h3-10H,1-2H3. The van der Waals surface area contributed by atoms with Crippen LogP contribution in [-0.2, 0) is 0 Å². The minimum atomic E-state index is -0.178. The Kier molecular flexibility index (Phi) is 4.81. The number of ether oxygens (including phenoxy) is 2. The second kappa shape index (κ2) is 7.18. The average molecular weight is 342 g/mol. The summed E-state index contributed by atoms with van der Waals surface area (Å²) in [6, 6.07) is 14.1. The Labute approximate surface area is 142 Å². The number of thioether (sulfide) groups is 1. The zero-order valence-electron chi connectivity index (χ0n) is 13.1. The summed E-state index contributed by atoms with van der Waals surface area (Å²) in [7, 11) is 3.17. The number of carbonyl (C=O) groups is 1. The molecule has 0 aliphatic rings. The zero-order chi connectivity index (χ0) is 16.9. The first-order valence-corrected chi connectivity index (χ1v) is 7.85. The van der Waals surface area contributed by atoms with Crippen LogP contribution < -0.4 is 9.47 Å². The van der Waals surface area contributed by atoms with E-state index in [-0.39, 0.29) is 10.3 Å². The van der Waals surface area contributed by atoms with E-state index in [0.717, 1.165) is 23.1 Å². The number of nitrogens with zero attached hydrogens (tertiary/aromatic N) is 2. The van der Waals surface area contributed by atoms with Crippen LogP contribution in [0.15, 0.2) is 58.2 Å². The number of rotatable bonds is 5. The molecule has 0 saturated heterocycles. The molecule has 0 spiro atoms. The smallest absolute Gasteiger partial charge is 0.284 e. The van der Waals surface area contributed by atoms with Gasteiger partial charge < -0.3 is 13.9 Å². The lowest BCUT2D eigenvalue weighted by atomic mass is 10.2. The largest absolute Gasteiger partial charge is 0.497 e. The summed E-state index contributed by atoms with van der Waals surface area (Å²) >= 11 is 0.889. The molecule has 7 heteroatoms. The minimum absolute atomic E-state index is 0.178. The van der Waals surface area contributed by atoms with Crippen molar-refractivity contribution < 1.29 is 18.7 Å². The maximum Gasteiger partial charge on any atom is 0.284 e. The first-order chi connectivity index (χ1) is 11.7. The van der Waals surface area contributed by atoms with Gasteiger partial charge in [0.2, 0.25) is 11.0 Å². The van der Waals surface area contributed by atoms with E-state index in [1.54, 1.807) is 50.6 Å². The summed E-state index contributed by atoms with van der Waals surface area (Å²) in [6.07, 6.45) is 0. The Balaban J connectivity index is 1.71. The second-order valence-corrected chi connectivity index (χ2v) is 5.64. The third kappa shape index (κ3) is 3.57. The van der Waals surface area contributed by atoms with Crippen molar-refractivity contribution in [3.8, 4) is 23.0 Å². The van der Waals surface area contributed by atoms with Gasteiger partial charge in [0.1, 0.15) is 11.5 Å². The molecule has 0 atom stereocenters. The lowest BCUT2D eigenvalue weighted by Gasteiger charge is -2.01. The van der Waals surface area contributed by atoms with Gasteiger partial charge in [0.15, 0.2) is 0 Å². The van der Waals surface area contributed by atoms with Crippen molar-refractivity contribution >= 4 is 16.9 Å². The van der Waals surface area contributed by atoms with E-state index in [0.29, 0.717) is 17.2 Å².